The molecule has 0 fully saturated rings. The Kier molecular flexibility index (Phi) is 2.36. The first-order valence-corrected chi connectivity index (χ1v) is 6.46. The Morgan fingerprint density at radius 1 is 1.20 bits per heavy atom. The van der Waals surface area contributed by atoms with Crippen LogP contribution in [0.25, 0.3) is 11.0 Å². The van der Waals surface area contributed by atoms with Crippen molar-refractivity contribution in [3.8, 4) is 0 Å². The van der Waals surface area contributed by atoms with Gasteiger partial charge in [0.05, 0.1) is 5.52 Å². The SMILES string of the molecule is Cc1ccc2nccnc2c1S(=O)(=O)Cl. The van der Waals surface area contributed by atoms with E-state index in [0.717, 1.165) is 0 Å². The van der Waals surface area contributed by atoms with Gasteiger partial charge in [0.2, 0.25) is 0 Å². The number of hydrogen-bond donors (Lipinski definition) is 0. The molecule has 0 saturated heterocycles. The van der Waals surface area contributed by atoms with E-state index in [0.29, 0.717) is 16.6 Å². The average molecular weight is 243 g/mol. The average Bonchev–Trinajstić information content (AvgIpc) is 2.15. The lowest BCUT2D eigenvalue weighted by Crippen LogP contribution is -1.98. The van der Waals surface area contributed by atoms with Crippen molar-refractivity contribution in [1.82, 2.24) is 9.97 Å². The second-order valence-electron chi connectivity index (χ2n) is 3.07. The zero-order valence-electron chi connectivity index (χ0n) is 7.81. The summed E-state index contributed by atoms with van der Waals surface area (Å²) >= 11 is 0. The highest BCUT2D eigenvalue weighted by Gasteiger charge is 2.18. The summed E-state index contributed by atoms with van der Waals surface area (Å²) in [5.74, 6) is 0. The van der Waals surface area contributed by atoms with Gasteiger partial charge in [0, 0.05) is 23.1 Å². The van der Waals surface area contributed by atoms with Crippen LogP contribution in [0.2, 0.25) is 0 Å². The Labute approximate surface area is 91.3 Å². The summed E-state index contributed by atoms with van der Waals surface area (Å²) in [6.07, 6.45) is 2.94. The van der Waals surface area contributed by atoms with Crippen LogP contribution in [-0.4, -0.2) is 18.4 Å². The highest BCUT2D eigenvalue weighted by atomic mass is 35.7. The van der Waals surface area contributed by atoms with Gasteiger partial charge in [0.1, 0.15) is 10.4 Å². The summed E-state index contributed by atoms with van der Waals surface area (Å²) in [5, 5.41) is 0. The number of halogens is 1. The molecule has 0 bridgehead atoms. The standard InChI is InChI=1S/C9H7ClN2O2S/c1-6-2-3-7-8(12-5-4-11-7)9(6)15(10,13)14/h2-5H,1H3. The first kappa shape index (κ1) is 10.3. The van der Waals surface area contributed by atoms with Crippen molar-refractivity contribution in [3.05, 3.63) is 30.1 Å². The topological polar surface area (TPSA) is 59.9 Å². The van der Waals surface area contributed by atoms with Crippen LogP contribution in [0.5, 0.6) is 0 Å². The number of aromatic nitrogens is 2. The molecule has 1 aromatic heterocycles. The Morgan fingerprint density at radius 3 is 2.53 bits per heavy atom. The van der Waals surface area contributed by atoms with Gasteiger partial charge in [-0.05, 0) is 18.6 Å². The maximum Gasteiger partial charge on any atom is 0.263 e. The Balaban J connectivity index is 2.99. The lowest BCUT2D eigenvalue weighted by Gasteiger charge is -2.04. The monoisotopic (exact) mass is 242 g/mol. The Morgan fingerprint density at radius 2 is 1.87 bits per heavy atom. The molecule has 15 heavy (non-hydrogen) atoms. The predicted molar refractivity (Wildman–Crippen MR) is 57.3 cm³/mol. The molecule has 4 nitrogen and oxygen atoms in total. The maximum absolute atomic E-state index is 11.4. The van der Waals surface area contributed by atoms with Gasteiger partial charge < -0.3 is 0 Å². The molecule has 1 aromatic carbocycles. The minimum Gasteiger partial charge on any atom is -0.253 e. The second-order valence-corrected chi connectivity index (χ2v) is 5.58. The van der Waals surface area contributed by atoms with E-state index in [9.17, 15) is 8.42 Å². The molecule has 0 aliphatic rings. The summed E-state index contributed by atoms with van der Waals surface area (Å²) in [6.45, 7) is 1.67. The number of benzene rings is 1. The summed E-state index contributed by atoms with van der Waals surface area (Å²) in [7, 11) is 1.56. The van der Waals surface area contributed by atoms with Crippen molar-refractivity contribution >= 4 is 30.8 Å². The van der Waals surface area contributed by atoms with Crippen LogP contribution >= 0.6 is 10.7 Å². The molecule has 0 radical (unpaired) electrons. The summed E-state index contributed by atoms with van der Waals surface area (Å²) in [6, 6.07) is 3.37. The molecule has 0 amide bonds. The van der Waals surface area contributed by atoms with Crippen molar-refractivity contribution in [2.24, 2.45) is 0 Å². The van der Waals surface area contributed by atoms with Gasteiger partial charge in [-0.1, -0.05) is 6.07 Å². The first-order chi connectivity index (χ1) is 7.00. The normalized spacial score (nSPS) is 11.9. The molecule has 0 saturated carbocycles. The lowest BCUT2D eigenvalue weighted by atomic mass is 10.2. The molecule has 6 heteroatoms. The third-order valence-corrected chi connectivity index (χ3v) is 3.50. The first-order valence-electron chi connectivity index (χ1n) is 4.15. The molecule has 0 spiro atoms. The number of rotatable bonds is 1. The smallest absolute Gasteiger partial charge is 0.253 e. The van der Waals surface area contributed by atoms with Crippen LogP contribution in [0.4, 0.5) is 0 Å². The van der Waals surface area contributed by atoms with E-state index in [4.69, 9.17) is 10.7 Å². The van der Waals surface area contributed by atoms with Crippen LogP contribution in [-0.2, 0) is 9.05 Å². The van der Waals surface area contributed by atoms with E-state index in [1.54, 1.807) is 19.1 Å². The molecule has 78 valence electrons. The van der Waals surface area contributed by atoms with Gasteiger partial charge in [0.25, 0.3) is 9.05 Å². The second kappa shape index (κ2) is 3.43. The van der Waals surface area contributed by atoms with Gasteiger partial charge in [-0.25, -0.2) is 8.42 Å². The van der Waals surface area contributed by atoms with E-state index in [2.05, 4.69) is 9.97 Å². The number of nitrogens with zero attached hydrogens (tertiary/aromatic N) is 2. The highest BCUT2D eigenvalue weighted by molar-refractivity contribution is 8.14. The minimum absolute atomic E-state index is 0.0368. The minimum atomic E-state index is -3.79. The summed E-state index contributed by atoms with van der Waals surface area (Å²) < 4.78 is 22.7. The molecule has 0 aliphatic heterocycles. The Hall–Kier alpha value is -1.20. The molecule has 1 heterocycles. The van der Waals surface area contributed by atoms with Gasteiger partial charge >= 0.3 is 0 Å². The van der Waals surface area contributed by atoms with Crippen LogP contribution in [0.3, 0.4) is 0 Å². The predicted octanol–water partition coefficient (Wildman–Crippen LogP) is 1.87. The number of aryl methyl sites for hydroxylation is 1. The molecule has 0 aliphatic carbocycles. The quantitative estimate of drug-likeness (QED) is 0.717. The van der Waals surface area contributed by atoms with Gasteiger partial charge in [-0.2, -0.15) is 0 Å². The van der Waals surface area contributed by atoms with Crippen LogP contribution in [0, 0.1) is 6.92 Å². The fraction of sp³-hybridized carbons (Fsp3) is 0.111. The zero-order chi connectivity index (χ0) is 11.1. The van der Waals surface area contributed by atoms with E-state index in [1.807, 2.05) is 0 Å². The van der Waals surface area contributed by atoms with Crippen molar-refractivity contribution in [1.29, 1.82) is 0 Å². The molecule has 2 rings (SSSR count). The van der Waals surface area contributed by atoms with Crippen LogP contribution < -0.4 is 0 Å². The summed E-state index contributed by atoms with van der Waals surface area (Å²) in [5.41, 5.74) is 1.40. The van der Waals surface area contributed by atoms with Crippen molar-refractivity contribution in [2.45, 2.75) is 11.8 Å². The van der Waals surface area contributed by atoms with Gasteiger partial charge in [-0.3, -0.25) is 9.97 Å². The van der Waals surface area contributed by atoms with Crippen molar-refractivity contribution in [3.63, 3.8) is 0 Å². The van der Waals surface area contributed by atoms with E-state index >= 15 is 0 Å². The lowest BCUT2D eigenvalue weighted by molar-refractivity contribution is 0.609. The summed E-state index contributed by atoms with van der Waals surface area (Å²) in [4.78, 5) is 8.03. The molecular formula is C9H7ClN2O2S. The molecule has 2 aromatic rings. The highest BCUT2D eigenvalue weighted by Crippen LogP contribution is 2.26. The van der Waals surface area contributed by atoms with E-state index in [1.165, 1.54) is 12.4 Å². The fourth-order valence-corrected chi connectivity index (χ4v) is 2.85. The number of hydrogen-bond acceptors (Lipinski definition) is 4. The maximum atomic E-state index is 11.4. The molecule has 0 atom stereocenters. The molecule has 0 N–H and O–H groups in total. The van der Waals surface area contributed by atoms with E-state index < -0.39 is 9.05 Å². The van der Waals surface area contributed by atoms with Gasteiger partial charge in [0.15, 0.2) is 0 Å². The fourth-order valence-electron chi connectivity index (χ4n) is 1.42. The van der Waals surface area contributed by atoms with Gasteiger partial charge in [-0.15, -0.1) is 0 Å². The van der Waals surface area contributed by atoms with Crippen LogP contribution in [0.15, 0.2) is 29.4 Å². The largest absolute Gasteiger partial charge is 0.263 e. The molecule has 0 unspecified atom stereocenters. The van der Waals surface area contributed by atoms with Crippen molar-refractivity contribution < 1.29 is 8.42 Å². The Bertz CT molecular complexity index is 625. The van der Waals surface area contributed by atoms with Crippen LogP contribution in [0.1, 0.15) is 5.56 Å². The molecular weight excluding hydrogens is 236 g/mol. The van der Waals surface area contributed by atoms with Crippen molar-refractivity contribution in [2.75, 3.05) is 0 Å². The third-order valence-electron chi connectivity index (χ3n) is 2.03. The number of fused-ring (bicyclic) bond motifs is 1. The third kappa shape index (κ3) is 1.80. The zero-order valence-corrected chi connectivity index (χ0v) is 9.38. The van der Waals surface area contributed by atoms with E-state index in [-0.39, 0.29) is 4.90 Å².